The lowest BCUT2D eigenvalue weighted by atomic mass is 9.96. The Morgan fingerprint density at radius 3 is 2.50 bits per heavy atom. The topological polar surface area (TPSA) is 81.4 Å². The molecule has 0 aliphatic heterocycles. The maximum absolute atomic E-state index is 12.3. The van der Waals surface area contributed by atoms with Crippen LogP contribution in [0.4, 0.5) is 0 Å². The van der Waals surface area contributed by atoms with Crippen molar-refractivity contribution < 1.29 is 14.3 Å². The maximum Gasteiger partial charge on any atom is 0.315 e. The third-order valence-corrected chi connectivity index (χ3v) is 4.19. The van der Waals surface area contributed by atoms with Gasteiger partial charge in [-0.3, -0.25) is 9.59 Å². The summed E-state index contributed by atoms with van der Waals surface area (Å²) in [7, 11) is 0. The summed E-state index contributed by atoms with van der Waals surface area (Å²) in [6, 6.07) is 9.34. The minimum absolute atomic E-state index is 0.171. The van der Waals surface area contributed by atoms with E-state index in [1.54, 1.807) is 6.92 Å². The number of hydrogen-bond acceptors (Lipinski definition) is 4. The van der Waals surface area contributed by atoms with Gasteiger partial charge in [-0.05, 0) is 25.3 Å². The lowest BCUT2D eigenvalue weighted by Crippen LogP contribution is -2.52. The maximum atomic E-state index is 12.3. The molecule has 5 heteroatoms. The third-order valence-electron chi connectivity index (χ3n) is 4.19. The second-order valence-corrected chi connectivity index (χ2v) is 5.79. The third kappa shape index (κ3) is 3.85. The molecule has 1 fully saturated rings. The molecule has 0 spiro atoms. The molecule has 1 aromatic rings. The van der Waals surface area contributed by atoms with E-state index in [9.17, 15) is 9.59 Å². The summed E-state index contributed by atoms with van der Waals surface area (Å²) in [6.45, 7) is 2.30. The molecule has 1 aliphatic rings. The van der Waals surface area contributed by atoms with E-state index in [1.165, 1.54) is 0 Å². The van der Waals surface area contributed by atoms with Crippen molar-refractivity contribution in [3.63, 3.8) is 0 Å². The van der Waals surface area contributed by atoms with Crippen molar-refractivity contribution in [2.24, 2.45) is 5.73 Å². The Kier molecular flexibility index (Phi) is 5.55. The minimum Gasteiger partial charge on any atom is -0.465 e. The Morgan fingerprint density at radius 2 is 1.91 bits per heavy atom. The number of esters is 1. The van der Waals surface area contributed by atoms with Gasteiger partial charge in [-0.1, -0.05) is 43.2 Å². The standard InChI is InChI=1S/C17H24N2O3/c1-2-22-15(20)14(13-8-4-3-5-9-13)12-19-16(21)17(18)10-6-7-11-17/h3-5,8-9,14H,2,6-7,10-12,18H2,1H3,(H,19,21). The van der Waals surface area contributed by atoms with Crippen LogP contribution < -0.4 is 11.1 Å². The number of benzene rings is 1. The lowest BCUT2D eigenvalue weighted by molar-refractivity contribution is -0.145. The molecule has 1 saturated carbocycles. The smallest absolute Gasteiger partial charge is 0.315 e. The Hall–Kier alpha value is -1.88. The number of amides is 1. The molecule has 1 atom stereocenters. The normalized spacial score (nSPS) is 17.7. The van der Waals surface area contributed by atoms with Crippen molar-refractivity contribution >= 4 is 11.9 Å². The van der Waals surface area contributed by atoms with Gasteiger partial charge in [0.2, 0.25) is 5.91 Å². The first-order valence-corrected chi connectivity index (χ1v) is 7.85. The molecule has 3 N–H and O–H groups in total. The fourth-order valence-electron chi connectivity index (χ4n) is 2.87. The number of hydrogen-bond donors (Lipinski definition) is 2. The zero-order valence-electron chi connectivity index (χ0n) is 13.0. The van der Waals surface area contributed by atoms with E-state index >= 15 is 0 Å². The van der Waals surface area contributed by atoms with Crippen molar-refractivity contribution in [1.29, 1.82) is 0 Å². The van der Waals surface area contributed by atoms with Gasteiger partial charge in [-0.15, -0.1) is 0 Å². The molecule has 0 aromatic heterocycles. The average molecular weight is 304 g/mol. The number of nitrogens with two attached hydrogens (primary N) is 1. The van der Waals surface area contributed by atoms with Gasteiger partial charge in [0, 0.05) is 6.54 Å². The van der Waals surface area contributed by atoms with Crippen molar-refractivity contribution in [1.82, 2.24) is 5.32 Å². The van der Waals surface area contributed by atoms with Crippen LogP contribution in [0.15, 0.2) is 30.3 Å². The van der Waals surface area contributed by atoms with E-state index in [0.717, 1.165) is 18.4 Å². The predicted octanol–water partition coefficient (Wildman–Crippen LogP) is 1.72. The molecular weight excluding hydrogens is 280 g/mol. The summed E-state index contributed by atoms with van der Waals surface area (Å²) in [5.74, 6) is -1.00. The molecule has 0 heterocycles. The summed E-state index contributed by atoms with van der Waals surface area (Å²) in [5.41, 5.74) is 6.18. The molecular formula is C17H24N2O3. The highest BCUT2D eigenvalue weighted by atomic mass is 16.5. The molecule has 5 nitrogen and oxygen atoms in total. The van der Waals surface area contributed by atoms with Gasteiger partial charge < -0.3 is 15.8 Å². The predicted molar refractivity (Wildman–Crippen MR) is 84.2 cm³/mol. The Morgan fingerprint density at radius 1 is 1.27 bits per heavy atom. The Balaban J connectivity index is 2.04. The number of rotatable bonds is 6. The van der Waals surface area contributed by atoms with E-state index in [-0.39, 0.29) is 18.4 Å². The second-order valence-electron chi connectivity index (χ2n) is 5.79. The number of carbonyl (C=O) groups excluding carboxylic acids is 2. The first kappa shape index (κ1) is 16.5. The molecule has 1 aliphatic carbocycles. The van der Waals surface area contributed by atoms with Gasteiger partial charge in [0.1, 0.15) is 0 Å². The Labute approximate surface area is 131 Å². The summed E-state index contributed by atoms with van der Waals surface area (Å²) in [6.07, 6.45) is 3.36. The first-order chi connectivity index (χ1) is 10.6. The van der Waals surface area contributed by atoms with Crippen molar-refractivity contribution in [2.75, 3.05) is 13.2 Å². The van der Waals surface area contributed by atoms with Crippen LogP contribution in [-0.2, 0) is 14.3 Å². The van der Waals surface area contributed by atoms with E-state index in [2.05, 4.69) is 5.32 Å². The van der Waals surface area contributed by atoms with E-state index in [0.29, 0.717) is 19.4 Å². The SMILES string of the molecule is CCOC(=O)C(CNC(=O)C1(N)CCCC1)c1ccccc1. The summed E-state index contributed by atoms with van der Waals surface area (Å²) in [4.78, 5) is 24.4. The van der Waals surface area contributed by atoms with E-state index in [1.807, 2.05) is 30.3 Å². The zero-order valence-corrected chi connectivity index (χ0v) is 13.0. The van der Waals surface area contributed by atoms with Gasteiger partial charge >= 0.3 is 5.97 Å². The molecule has 2 rings (SSSR count). The fraction of sp³-hybridized carbons (Fsp3) is 0.529. The van der Waals surface area contributed by atoms with Crippen LogP contribution in [0.1, 0.15) is 44.1 Å². The van der Waals surface area contributed by atoms with Crippen LogP contribution in [0, 0.1) is 0 Å². The van der Waals surface area contributed by atoms with Gasteiger partial charge in [0.05, 0.1) is 18.1 Å². The molecule has 0 bridgehead atoms. The van der Waals surface area contributed by atoms with Crippen LogP contribution in [-0.4, -0.2) is 30.6 Å². The van der Waals surface area contributed by atoms with Crippen LogP contribution in [0.5, 0.6) is 0 Å². The van der Waals surface area contributed by atoms with E-state index < -0.39 is 11.5 Å². The molecule has 1 amide bonds. The highest BCUT2D eigenvalue weighted by Crippen LogP contribution is 2.27. The van der Waals surface area contributed by atoms with Crippen LogP contribution in [0.25, 0.3) is 0 Å². The molecule has 1 unspecified atom stereocenters. The number of ether oxygens (including phenoxy) is 1. The number of nitrogens with one attached hydrogen (secondary N) is 1. The average Bonchev–Trinajstić information content (AvgIpc) is 2.97. The molecule has 0 radical (unpaired) electrons. The van der Waals surface area contributed by atoms with Gasteiger partial charge in [0.15, 0.2) is 0 Å². The fourth-order valence-corrected chi connectivity index (χ4v) is 2.87. The lowest BCUT2D eigenvalue weighted by Gasteiger charge is -2.24. The second kappa shape index (κ2) is 7.40. The van der Waals surface area contributed by atoms with Crippen LogP contribution in [0.2, 0.25) is 0 Å². The van der Waals surface area contributed by atoms with Crippen LogP contribution >= 0.6 is 0 Å². The monoisotopic (exact) mass is 304 g/mol. The quantitative estimate of drug-likeness (QED) is 0.784. The van der Waals surface area contributed by atoms with E-state index in [4.69, 9.17) is 10.5 Å². The zero-order chi connectivity index (χ0) is 16.0. The number of carbonyl (C=O) groups is 2. The van der Waals surface area contributed by atoms with Gasteiger partial charge in [-0.2, -0.15) is 0 Å². The van der Waals surface area contributed by atoms with Gasteiger partial charge in [-0.25, -0.2) is 0 Å². The molecule has 22 heavy (non-hydrogen) atoms. The summed E-state index contributed by atoms with van der Waals surface area (Å²) < 4.78 is 5.12. The highest BCUT2D eigenvalue weighted by Gasteiger charge is 2.37. The van der Waals surface area contributed by atoms with Crippen molar-refractivity contribution in [3.05, 3.63) is 35.9 Å². The highest BCUT2D eigenvalue weighted by molar-refractivity contribution is 5.87. The summed E-state index contributed by atoms with van der Waals surface area (Å²) >= 11 is 0. The molecule has 0 saturated heterocycles. The van der Waals surface area contributed by atoms with Crippen LogP contribution in [0.3, 0.4) is 0 Å². The van der Waals surface area contributed by atoms with Gasteiger partial charge in [0.25, 0.3) is 0 Å². The van der Waals surface area contributed by atoms with Crippen molar-refractivity contribution in [3.8, 4) is 0 Å². The molecule has 120 valence electrons. The van der Waals surface area contributed by atoms with Crippen molar-refractivity contribution in [2.45, 2.75) is 44.1 Å². The minimum atomic E-state index is -0.782. The molecule has 1 aromatic carbocycles. The summed E-state index contributed by atoms with van der Waals surface area (Å²) in [5, 5.41) is 2.84. The largest absolute Gasteiger partial charge is 0.465 e. The Bertz CT molecular complexity index is 510. The first-order valence-electron chi connectivity index (χ1n) is 7.85.